The van der Waals surface area contributed by atoms with Crippen molar-refractivity contribution in [1.29, 1.82) is 1.34 Å². The number of nitrogens with one attached hydrogen (secondary N) is 1. The Morgan fingerprint density at radius 1 is 0.721 bits per heavy atom. The van der Waals surface area contributed by atoms with Gasteiger partial charge in [-0.25, -0.2) is 14.8 Å². The first-order valence-corrected chi connectivity index (χ1v) is 12.4. The minimum Gasteiger partial charge on any atom is -0.476 e. The van der Waals surface area contributed by atoms with E-state index in [-0.39, 0.29) is 48.4 Å². The second kappa shape index (κ2) is 16.7. The summed E-state index contributed by atoms with van der Waals surface area (Å²) < 4.78 is 5.25. The van der Waals surface area contributed by atoms with E-state index in [1.165, 1.54) is 18.6 Å². The average molecular weight is 798 g/mol. The number of nitrogens with two attached hydrogens (primary N) is 1. The molecule has 4 heterocycles. The number of carbonyl (C=O) groups excluding carboxylic acids is 1. The van der Waals surface area contributed by atoms with Crippen LogP contribution in [0.5, 0.6) is 0 Å². The zero-order chi connectivity index (χ0) is 31.2. The molecule has 2 aromatic carbocycles. The minimum absolute atomic E-state index is 0. The van der Waals surface area contributed by atoms with Gasteiger partial charge < -0.3 is 16.2 Å². The number of aryl methyl sites for hydroxylation is 2. The van der Waals surface area contributed by atoms with Crippen LogP contribution in [-0.4, -0.2) is 56.6 Å². The van der Waals surface area contributed by atoms with Crippen LogP contribution in [0.1, 0.15) is 32.4 Å². The Morgan fingerprint density at radius 2 is 1.26 bits per heavy atom. The molecule has 0 saturated heterocycles. The van der Waals surface area contributed by atoms with Crippen molar-refractivity contribution in [3.8, 4) is 0 Å². The van der Waals surface area contributed by atoms with Gasteiger partial charge in [0.1, 0.15) is 5.69 Å². The predicted molar refractivity (Wildman–Crippen MR) is 163 cm³/mol. The molecule has 11 nitrogen and oxygen atoms in total. The third-order valence-electron chi connectivity index (χ3n) is 5.59. The fourth-order valence-corrected chi connectivity index (χ4v) is 3.54. The van der Waals surface area contributed by atoms with E-state index in [1.807, 2.05) is 67.6 Å². The maximum absolute atomic E-state index is 12.1. The molecule has 1 amide bonds. The van der Waals surface area contributed by atoms with Crippen LogP contribution in [0.25, 0.3) is 21.8 Å². The van der Waals surface area contributed by atoms with Gasteiger partial charge in [-0.2, -0.15) is 0 Å². The van der Waals surface area contributed by atoms with E-state index in [1.54, 1.807) is 25.5 Å². The number of fused-ring (bicyclic) bond motifs is 2. The fraction of sp³-hybridized carbons (Fsp3) is 0.0667. The summed E-state index contributed by atoms with van der Waals surface area (Å²) in [5, 5.41) is 13.1. The molecule has 0 aliphatic rings. The fourth-order valence-electron chi connectivity index (χ4n) is 3.54. The number of amides is 1. The minimum atomic E-state index is -1.05. The smallest absolute Gasteiger partial charge is 0.356 e. The van der Waals surface area contributed by atoms with E-state index in [2.05, 4.69) is 43.6 Å². The molecule has 0 atom stereocenters. The number of benzene rings is 2. The van der Waals surface area contributed by atoms with E-state index < -0.39 is 5.97 Å². The Morgan fingerprint density at radius 3 is 1.79 bits per heavy atom. The number of carboxylic acids is 1. The molecule has 0 aliphatic carbocycles. The molecule has 43 heavy (non-hydrogen) atoms. The van der Waals surface area contributed by atoms with Crippen LogP contribution in [0, 0.1) is 45.0 Å². The summed E-state index contributed by atoms with van der Waals surface area (Å²) in [5.74, 6) is -1.33. The number of nitrogen functional groups attached to an aromatic ring is 1. The van der Waals surface area contributed by atoms with Gasteiger partial charge in [0.2, 0.25) is 0 Å². The number of rotatable bonds is 3. The monoisotopic (exact) mass is 798 g/mol. The summed E-state index contributed by atoms with van der Waals surface area (Å²) in [6.07, 6.45) is 9.18. The number of anilines is 2. The maximum Gasteiger partial charge on any atom is 0.356 e. The van der Waals surface area contributed by atoms with Gasteiger partial charge >= 0.3 is 5.97 Å². The number of hydrogen-bond acceptors (Lipinski definition) is 9. The van der Waals surface area contributed by atoms with Crippen LogP contribution >= 0.6 is 0 Å². The predicted octanol–water partition coefficient (Wildman–Crippen LogP) is 4.24. The first-order chi connectivity index (χ1) is 20.8. The van der Waals surface area contributed by atoms with Crippen molar-refractivity contribution in [2.75, 3.05) is 11.1 Å². The standard InChI is InChI=1S/C15H12N4O.C9H8N2.C6H6N2O2.BH.U/c1-10-8-18-14(9-17-10)15(20)19-13-6-2-5-12-11(13)4-3-7-16-12;10-8-4-1-5-9-7(8)3-2-6-11-9;1-4-2-8-5(3-7-4)6(9)10;;/h2-9H,1H3,(H,19,20);1-6H,10H2;2-3H,1H3,(H,9,10);1H;/i;;;1T;. The van der Waals surface area contributed by atoms with Gasteiger partial charge in [-0.3, -0.25) is 24.7 Å². The van der Waals surface area contributed by atoms with E-state index in [0.717, 1.165) is 33.2 Å². The van der Waals surface area contributed by atoms with Gasteiger partial charge in [0.25, 0.3) is 5.91 Å². The molecule has 6 rings (SSSR count). The van der Waals surface area contributed by atoms with E-state index in [9.17, 15) is 9.59 Å². The Hall–Kier alpha value is -4.72. The topological polar surface area (TPSA) is 170 Å². The number of aromatic carboxylic acids is 1. The molecular formula is C30H27BN8O3U. The van der Waals surface area contributed by atoms with Crippen molar-refractivity contribution in [3.05, 3.63) is 121 Å². The third kappa shape index (κ3) is 9.67. The van der Waals surface area contributed by atoms with Gasteiger partial charge in [0.05, 0.1) is 40.5 Å². The van der Waals surface area contributed by atoms with Gasteiger partial charge in [-0.1, -0.05) is 12.1 Å². The summed E-state index contributed by atoms with van der Waals surface area (Å²) in [7, 11) is 3.75. The summed E-state index contributed by atoms with van der Waals surface area (Å²) in [4.78, 5) is 46.3. The van der Waals surface area contributed by atoms with E-state index >= 15 is 0 Å². The molecule has 212 valence electrons. The van der Waals surface area contributed by atoms with Crippen LogP contribution in [-0.2, 0) is 0 Å². The largest absolute Gasteiger partial charge is 0.476 e. The Kier molecular flexibility index (Phi) is 12.7. The maximum atomic E-state index is 12.1. The van der Waals surface area contributed by atoms with Gasteiger partial charge in [0, 0.05) is 80.7 Å². The Balaban J connectivity index is 0.000000240. The van der Waals surface area contributed by atoms with Crippen molar-refractivity contribution in [3.63, 3.8) is 0 Å². The SMILES string of the molecule is Cc1cnc(C(=O)Nc2cccc3ncccc23)cn1.Cc1cnc(C(=O)O)cn1.Nc1cccc2ncccc12.[3H][B].[U]. The number of hydrogen-bond donors (Lipinski definition) is 3. The molecule has 0 spiro atoms. The van der Waals surface area contributed by atoms with Gasteiger partial charge in [-0.05, 0) is 63.7 Å². The first kappa shape index (κ1) is 32.8. The summed E-state index contributed by atoms with van der Waals surface area (Å²) in [6.45, 7) is 3.57. The number of aromatic nitrogens is 6. The molecule has 4 aromatic heterocycles. The molecular weight excluding hydrogens is 769 g/mol. The quantitative estimate of drug-likeness (QED) is 0.174. The second-order valence-corrected chi connectivity index (χ2v) is 8.64. The number of pyridine rings is 2. The molecule has 2 radical (unpaired) electrons. The first-order valence-electron chi connectivity index (χ1n) is 12.9. The summed E-state index contributed by atoms with van der Waals surface area (Å²) in [6, 6.07) is 18.9. The van der Waals surface area contributed by atoms with Crippen LogP contribution in [0.4, 0.5) is 11.4 Å². The number of carbonyl (C=O) groups is 2. The molecule has 0 saturated carbocycles. The van der Waals surface area contributed by atoms with E-state index in [4.69, 9.17) is 12.2 Å². The summed E-state index contributed by atoms with van der Waals surface area (Å²) in [5.41, 5.74) is 10.8. The molecule has 0 fully saturated rings. The van der Waals surface area contributed by atoms with Crippen LogP contribution in [0.15, 0.2) is 97.8 Å². The Bertz CT molecular complexity index is 1800. The molecule has 13 heteroatoms. The van der Waals surface area contributed by atoms with E-state index in [0.29, 0.717) is 11.4 Å². The van der Waals surface area contributed by atoms with Crippen LogP contribution in [0.3, 0.4) is 0 Å². The Labute approximate surface area is 274 Å². The molecule has 6 aromatic rings. The van der Waals surface area contributed by atoms with Crippen LogP contribution in [0.2, 0.25) is 0 Å². The molecule has 4 N–H and O–H groups in total. The van der Waals surface area contributed by atoms with Crippen molar-refractivity contribution in [1.82, 2.24) is 29.9 Å². The van der Waals surface area contributed by atoms with Gasteiger partial charge in [-0.15, -0.1) is 0 Å². The zero-order valence-electron chi connectivity index (χ0n) is 24.3. The van der Waals surface area contributed by atoms with Crippen LogP contribution < -0.4 is 11.1 Å². The summed E-state index contributed by atoms with van der Waals surface area (Å²) >= 11 is 0. The second-order valence-electron chi connectivity index (χ2n) is 8.64. The molecule has 0 unspecified atom stereocenters. The number of nitrogens with zero attached hydrogens (tertiary/aromatic N) is 6. The number of carboxylic acid groups (broad SMARTS) is 1. The zero-order valence-corrected chi connectivity index (χ0v) is 27.5. The average Bonchev–Trinajstić information content (AvgIpc) is 3.04. The van der Waals surface area contributed by atoms with Crippen molar-refractivity contribution < 1.29 is 45.8 Å². The third-order valence-corrected chi connectivity index (χ3v) is 5.59. The molecule has 0 bridgehead atoms. The normalized spacial score (nSPS) is 9.77. The molecule has 0 aliphatic heterocycles. The van der Waals surface area contributed by atoms with Gasteiger partial charge in [0.15, 0.2) is 5.69 Å². The van der Waals surface area contributed by atoms with Crippen molar-refractivity contribution in [2.45, 2.75) is 13.8 Å². The van der Waals surface area contributed by atoms with Crippen molar-refractivity contribution >= 4 is 53.4 Å². The van der Waals surface area contributed by atoms with Crippen molar-refractivity contribution in [2.24, 2.45) is 0 Å².